The third-order valence-corrected chi connectivity index (χ3v) is 4.43. The number of unbranched alkanes of at least 4 members (excludes halogenated alkanes) is 1. The van der Waals surface area contributed by atoms with Crippen molar-refractivity contribution in [2.75, 3.05) is 13.7 Å². The predicted octanol–water partition coefficient (Wildman–Crippen LogP) is 3.35. The van der Waals surface area contributed by atoms with Gasteiger partial charge >= 0.3 is 30.0 Å². The zero-order valence-corrected chi connectivity index (χ0v) is 24.6. The summed E-state index contributed by atoms with van der Waals surface area (Å²) in [7, 11) is 1.16. The Labute approximate surface area is 226 Å². The van der Waals surface area contributed by atoms with E-state index in [4.69, 9.17) is 18.9 Å². The molecular formula is C26H47N3O9. The van der Waals surface area contributed by atoms with Crippen molar-refractivity contribution in [3.05, 3.63) is 0 Å². The van der Waals surface area contributed by atoms with Crippen molar-refractivity contribution in [1.29, 1.82) is 0 Å². The van der Waals surface area contributed by atoms with E-state index in [2.05, 4.69) is 16.0 Å². The molecule has 2 atom stereocenters. The number of esters is 3. The van der Waals surface area contributed by atoms with Crippen LogP contribution < -0.4 is 16.0 Å². The monoisotopic (exact) mass is 545 g/mol. The Balaban J connectivity index is 5.10. The van der Waals surface area contributed by atoms with E-state index in [0.29, 0.717) is 19.4 Å². The highest BCUT2D eigenvalue weighted by molar-refractivity contribution is 5.87. The first kappa shape index (κ1) is 35.0. The lowest BCUT2D eigenvalue weighted by Crippen LogP contribution is -2.52. The molecule has 3 N–H and O–H groups in total. The maximum absolute atomic E-state index is 12.7. The summed E-state index contributed by atoms with van der Waals surface area (Å²) in [5.74, 6) is -1.91. The number of alkyl carbamates (subject to hydrolysis) is 1. The number of hydrogen-bond acceptors (Lipinski definition) is 9. The van der Waals surface area contributed by atoms with E-state index in [0.717, 1.165) is 7.11 Å². The van der Waals surface area contributed by atoms with Crippen molar-refractivity contribution in [2.45, 2.75) is 123 Å². The normalized spacial score (nSPS) is 13.4. The van der Waals surface area contributed by atoms with Gasteiger partial charge in [-0.05, 0) is 88.0 Å². The predicted molar refractivity (Wildman–Crippen MR) is 140 cm³/mol. The molecule has 0 saturated heterocycles. The van der Waals surface area contributed by atoms with Crippen LogP contribution in [-0.2, 0) is 33.3 Å². The molecule has 0 radical (unpaired) electrons. The van der Waals surface area contributed by atoms with Crippen molar-refractivity contribution >= 4 is 30.0 Å². The summed E-state index contributed by atoms with van der Waals surface area (Å²) >= 11 is 0. The summed E-state index contributed by atoms with van der Waals surface area (Å²) < 4.78 is 20.6. The third-order valence-electron chi connectivity index (χ3n) is 4.43. The second kappa shape index (κ2) is 15.4. The van der Waals surface area contributed by atoms with E-state index in [1.807, 2.05) is 0 Å². The smallest absolute Gasteiger partial charge is 0.407 e. The fourth-order valence-electron chi connectivity index (χ4n) is 3.00. The molecule has 0 aromatic carbocycles. The Hall–Kier alpha value is -3.05. The van der Waals surface area contributed by atoms with Crippen molar-refractivity contribution in [3.8, 4) is 0 Å². The summed E-state index contributed by atoms with van der Waals surface area (Å²) in [4.78, 5) is 61.5. The van der Waals surface area contributed by atoms with Crippen molar-refractivity contribution < 1.29 is 42.9 Å². The summed E-state index contributed by atoms with van der Waals surface area (Å²) in [6, 6.07) is -2.95. The highest BCUT2D eigenvalue weighted by atomic mass is 16.6. The summed E-state index contributed by atoms with van der Waals surface area (Å²) in [6.45, 7) is 15.9. The summed E-state index contributed by atoms with van der Waals surface area (Å²) in [5, 5.41) is 7.64. The largest absolute Gasteiger partial charge is 0.467 e. The van der Waals surface area contributed by atoms with Crippen LogP contribution in [0.1, 0.15) is 94.4 Å². The van der Waals surface area contributed by atoms with E-state index in [1.165, 1.54) is 0 Å². The molecule has 0 saturated carbocycles. The molecule has 12 nitrogen and oxygen atoms in total. The number of carbonyl (C=O) groups excluding carboxylic acids is 5. The lowest BCUT2D eigenvalue weighted by Gasteiger charge is -2.25. The fraction of sp³-hybridized carbons (Fsp3) is 0.808. The number of hydrogen-bond donors (Lipinski definition) is 3. The first-order chi connectivity index (χ1) is 17.2. The molecular weight excluding hydrogens is 498 g/mol. The highest BCUT2D eigenvalue weighted by Crippen LogP contribution is 2.13. The number of urea groups is 1. The lowest BCUT2D eigenvalue weighted by molar-refractivity contribution is -0.157. The van der Waals surface area contributed by atoms with Gasteiger partial charge in [-0.1, -0.05) is 0 Å². The highest BCUT2D eigenvalue weighted by Gasteiger charge is 2.29. The van der Waals surface area contributed by atoms with E-state index in [-0.39, 0.29) is 19.3 Å². The number of carbonyl (C=O) groups is 5. The van der Waals surface area contributed by atoms with Crippen LogP contribution in [0.4, 0.5) is 9.59 Å². The maximum Gasteiger partial charge on any atom is 0.407 e. The van der Waals surface area contributed by atoms with Gasteiger partial charge in [-0.15, -0.1) is 0 Å². The van der Waals surface area contributed by atoms with Gasteiger partial charge in [0.05, 0.1) is 7.11 Å². The van der Waals surface area contributed by atoms with Crippen LogP contribution >= 0.6 is 0 Å². The van der Waals surface area contributed by atoms with Crippen LogP contribution in [0.15, 0.2) is 0 Å². The standard InChI is InChI=1S/C26H47N3O9/c1-24(2,3)36-19(30)15-14-18(20(31)35-10)29-22(33)28-17(21(32)37-25(4,5)6)13-11-12-16-27-23(34)38-26(7,8)9/h17-18H,11-16H2,1-10H3,(H,27,34)(H2,28,29,33). The van der Waals surface area contributed by atoms with Gasteiger partial charge in [0.25, 0.3) is 0 Å². The van der Waals surface area contributed by atoms with E-state index >= 15 is 0 Å². The SMILES string of the molecule is COC(=O)C(CCC(=O)OC(C)(C)C)NC(=O)NC(CCCCNC(=O)OC(C)(C)C)C(=O)OC(C)(C)C. The molecule has 0 aliphatic carbocycles. The molecule has 3 amide bonds. The zero-order valence-electron chi connectivity index (χ0n) is 24.6. The second-order valence-electron chi connectivity index (χ2n) is 11.8. The average molecular weight is 546 g/mol. The molecule has 0 aromatic heterocycles. The van der Waals surface area contributed by atoms with Crippen molar-refractivity contribution in [1.82, 2.24) is 16.0 Å². The molecule has 12 heteroatoms. The molecule has 0 bridgehead atoms. The Morgan fingerprint density at radius 1 is 0.658 bits per heavy atom. The molecule has 0 rings (SSSR count). The average Bonchev–Trinajstić information content (AvgIpc) is 2.71. The Morgan fingerprint density at radius 3 is 1.63 bits per heavy atom. The van der Waals surface area contributed by atoms with Crippen molar-refractivity contribution in [3.63, 3.8) is 0 Å². The first-order valence-electron chi connectivity index (χ1n) is 12.8. The minimum atomic E-state index is -1.13. The molecule has 220 valence electrons. The molecule has 38 heavy (non-hydrogen) atoms. The molecule has 0 heterocycles. The Kier molecular flexibility index (Phi) is 14.1. The summed E-state index contributed by atoms with van der Waals surface area (Å²) in [6.07, 6.45) is 0.486. The van der Waals surface area contributed by atoms with Gasteiger partial charge in [-0.3, -0.25) is 4.79 Å². The quantitative estimate of drug-likeness (QED) is 0.190. The van der Waals surface area contributed by atoms with Crippen LogP contribution in [-0.4, -0.2) is 72.6 Å². The van der Waals surface area contributed by atoms with Crippen LogP contribution in [0.3, 0.4) is 0 Å². The fourth-order valence-corrected chi connectivity index (χ4v) is 3.00. The van der Waals surface area contributed by atoms with E-state index in [1.54, 1.807) is 62.3 Å². The molecule has 0 aliphatic heterocycles. The van der Waals surface area contributed by atoms with E-state index < -0.39 is 58.9 Å². The number of rotatable bonds is 12. The van der Waals surface area contributed by atoms with Crippen molar-refractivity contribution in [2.24, 2.45) is 0 Å². The van der Waals surface area contributed by atoms with Crippen LogP contribution in [0, 0.1) is 0 Å². The van der Waals surface area contributed by atoms with Gasteiger partial charge in [-0.2, -0.15) is 0 Å². The number of ether oxygens (including phenoxy) is 4. The molecule has 0 aliphatic rings. The number of nitrogens with one attached hydrogen (secondary N) is 3. The van der Waals surface area contributed by atoms with Gasteiger partial charge in [-0.25, -0.2) is 19.2 Å². The maximum atomic E-state index is 12.7. The molecule has 0 spiro atoms. The van der Waals surface area contributed by atoms with Gasteiger partial charge in [0, 0.05) is 13.0 Å². The van der Waals surface area contributed by atoms with Crippen LogP contribution in [0.2, 0.25) is 0 Å². The summed E-state index contributed by atoms with van der Waals surface area (Å²) in [5.41, 5.74) is -2.09. The van der Waals surface area contributed by atoms with Gasteiger partial charge in [0.15, 0.2) is 0 Å². The first-order valence-corrected chi connectivity index (χ1v) is 12.8. The van der Waals surface area contributed by atoms with Gasteiger partial charge < -0.3 is 34.9 Å². The number of methoxy groups -OCH3 is 1. The van der Waals surface area contributed by atoms with Crippen LogP contribution in [0.25, 0.3) is 0 Å². The second-order valence-corrected chi connectivity index (χ2v) is 11.8. The Morgan fingerprint density at radius 2 is 1.16 bits per heavy atom. The minimum absolute atomic E-state index is 0.0531. The van der Waals surface area contributed by atoms with Crippen LogP contribution in [0.5, 0.6) is 0 Å². The van der Waals surface area contributed by atoms with E-state index in [9.17, 15) is 24.0 Å². The minimum Gasteiger partial charge on any atom is -0.467 e. The number of amides is 3. The Bertz CT molecular complexity index is 808. The topological polar surface area (TPSA) is 158 Å². The van der Waals surface area contributed by atoms with Gasteiger partial charge in [0.1, 0.15) is 28.9 Å². The lowest BCUT2D eigenvalue weighted by atomic mass is 10.1. The zero-order chi connectivity index (χ0) is 29.7. The third kappa shape index (κ3) is 18.2. The molecule has 0 aromatic rings. The molecule has 2 unspecified atom stereocenters. The van der Waals surface area contributed by atoms with Gasteiger partial charge in [0.2, 0.25) is 0 Å². The molecule has 0 fully saturated rings.